The minimum Gasteiger partial charge on any atom is -0.508 e. The van der Waals surface area contributed by atoms with E-state index < -0.39 is 0 Å². The van der Waals surface area contributed by atoms with Gasteiger partial charge in [0.15, 0.2) is 0 Å². The lowest BCUT2D eigenvalue weighted by Crippen LogP contribution is -2.00. The Kier molecular flexibility index (Phi) is 3.98. The van der Waals surface area contributed by atoms with Gasteiger partial charge in [0, 0.05) is 5.56 Å². The van der Waals surface area contributed by atoms with Gasteiger partial charge in [0.25, 0.3) is 0 Å². The Morgan fingerprint density at radius 2 is 2.29 bits per heavy atom. The third kappa shape index (κ3) is 2.76. The van der Waals surface area contributed by atoms with Gasteiger partial charge in [-0.1, -0.05) is 30.6 Å². The first-order valence-corrected chi connectivity index (χ1v) is 4.67. The molecule has 0 aliphatic heterocycles. The van der Waals surface area contributed by atoms with E-state index in [0.29, 0.717) is 0 Å². The van der Waals surface area contributed by atoms with Crippen molar-refractivity contribution in [1.82, 2.24) is 0 Å². The van der Waals surface area contributed by atoms with Gasteiger partial charge in [0.05, 0.1) is 5.71 Å². The third-order valence-corrected chi connectivity index (χ3v) is 1.87. The number of nitrogens with zero attached hydrogens (tertiary/aromatic N) is 1. The molecule has 0 bridgehead atoms. The number of aromatic hydroxyl groups is 1. The molecule has 14 heavy (non-hydrogen) atoms. The molecule has 0 atom stereocenters. The van der Waals surface area contributed by atoms with Gasteiger partial charge in [-0.05, 0) is 18.6 Å². The van der Waals surface area contributed by atoms with Crippen molar-refractivity contribution in [3.05, 3.63) is 29.8 Å². The van der Waals surface area contributed by atoms with E-state index in [1.165, 1.54) is 7.11 Å². The average molecular weight is 193 g/mol. The summed E-state index contributed by atoms with van der Waals surface area (Å²) in [4.78, 5) is 4.76. The van der Waals surface area contributed by atoms with E-state index in [4.69, 9.17) is 4.84 Å². The third-order valence-electron chi connectivity index (χ3n) is 1.87. The summed E-state index contributed by atoms with van der Waals surface area (Å²) in [5.41, 5.74) is 1.78. The van der Waals surface area contributed by atoms with Gasteiger partial charge in [-0.2, -0.15) is 0 Å². The second-order valence-electron chi connectivity index (χ2n) is 3.02. The largest absolute Gasteiger partial charge is 0.508 e. The number of phenolic OH excluding ortho intramolecular Hbond substituents is 1. The van der Waals surface area contributed by atoms with E-state index in [9.17, 15) is 5.11 Å². The molecule has 1 aromatic rings. The number of hydrogen-bond acceptors (Lipinski definition) is 3. The van der Waals surface area contributed by atoms with Crippen LogP contribution in [0.15, 0.2) is 29.4 Å². The summed E-state index contributed by atoms with van der Waals surface area (Å²) in [5.74, 6) is 0.252. The van der Waals surface area contributed by atoms with Crippen LogP contribution in [0.1, 0.15) is 25.3 Å². The monoisotopic (exact) mass is 193 g/mol. The fourth-order valence-corrected chi connectivity index (χ4v) is 1.28. The Morgan fingerprint density at radius 3 is 2.86 bits per heavy atom. The second-order valence-corrected chi connectivity index (χ2v) is 3.02. The molecule has 1 N–H and O–H groups in total. The fourth-order valence-electron chi connectivity index (χ4n) is 1.28. The van der Waals surface area contributed by atoms with Crippen molar-refractivity contribution in [2.45, 2.75) is 19.8 Å². The molecule has 0 aromatic heterocycles. The van der Waals surface area contributed by atoms with Crippen LogP contribution >= 0.6 is 0 Å². The molecular formula is C11H15NO2. The van der Waals surface area contributed by atoms with Gasteiger partial charge in [0.2, 0.25) is 0 Å². The number of oxime groups is 1. The predicted octanol–water partition coefficient (Wildman–Crippen LogP) is 2.54. The van der Waals surface area contributed by atoms with Crippen LogP contribution in [0.2, 0.25) is 0 Å². The number of rotatable bonds is 4. The average Bonchev–Trinajstić information content (AvgIpc) is 2.17. The Labute approximate surface area is 84.0 Å². The van der Waals surface area contributed by atoms with Crippen molar-refractivity contribution >= 4 is 5.71 Å². The molecule has 0 saturated heterocycles. The van der Waals surface area contributed by atoms with Crippen LogP contribution in [-0.4, -0.2) is 17.9 Å². The minimum atomic E-state index is 0.252. The number of hydrogen-bond donors (Lipinski definition) is 1. The lowest BCUT2D eigenvalue weighted by atomic mass is 10.1. The highest BCUT2D eigenvalue weighted by Gasteiger charge is 2.03. The molecule has 1 aromatic carbocycles. The van der Waals surface area contributed by atoms with Gasteiger partial charge in [-0.25, -0.2) is 0 Å². The topological polar surface area (TPSA) is 41.8 Å². The molecule has 0 saturated carbocycles. The lowest BCUT2D eigenvalue weighted by Gasteiger charge is -2.04. The van der Waals surface area contributed by atoms with Crippen LogP contribution in [0.25, 0.3) is 0 Å². The van der Waals surface area contributed by atoms with Crippen LogP contribution < -0.4 is 0 Å². The van der Waals surface area contributed by atoms with Crippen molar-refractivity contribution in [3.63, 3.8) is 0 Å². The van der Waals surface area contributed by atoms with Crippen LogP contribution in [-0.2, 0) is 4.84 Å². The molecule has 0 radical (unpaired) electrons. The second kappa shape index (κ2) is 5.27. The maximum atomic E-state index is 9.30. The van der Waals surface area contributed by atoms with Crippen molar-refractivity contribution in [2.24, 2.45) is 5.16 Å². The van der Waals surface area contributed by atoms with Crippen LogP contribution in [0.3, 0.4) is 0 Å². The number of phenols is 1. The molecule has 0 aliphatic carbocycles. The van der Waals surface area contributed by atoms with Crippen molar-refractivity contribution in [1.29, 1.82) is 0 Å². The van der Waals surface area contributed by atoms with Crippen LogP contribution in [0.5, 0.6) is 5.75 Å². The highest BCUT2D eigenvalue weighted by Crippen LogP contribution is 2.14. The normalized spacial score (nSPS) is 11.4. The summed E-state index contributed by atoms with van der Waals surface area (Å²) in [6.45, 7) is 2.08. The van der Waals surface area contributed by atoms with E-state index in [1.807, 2.05) is 6.07 Å². The summed E-state index contributed by atoms with van der Waals surface area (Å²) >= 11 is 0. The maximum absolute atomic E-state index is 9.30. The molecule has 0 amide bonds. The highest BCUT2D eigenvalue weighted by atomic mass is 16.6. The standard InChI is InChI=1S/C11H15NO2/c1-3-5-11(12-14-2)9-6-4-7-10(13)8-9/h4,6-8,13H,3,5H2,1-2H3. The van der Waals surface area contributed by atoms with E-state index in [2.05, 4.69) is 12.1 Å². The molecular weight excluding hydrogens is 178 g/mol. The smallest absolute Gasteiger partial charge is 0.116 e. The summed E-state index contributed by atoms with van der Waals surface area (Å²) in [6.07, 6.45) is 1.84. The lowest BCUT2D eigenvalue weighted by molar-refractivity contribution is 0.213. The van der Waals surface area contributed by atoms with Crippen LogP contribution in [0.4, 0.5) is 0 Å². The first-order chi connectivity index (χ1) is 6.77. The summed E-state index contributed by atoms with van der Waals surface area (Å²) in [7, 11) is 1.53. The Morgan fingerprint density at radius 1 is 1.50 bits per heavy atom. The molecule has 76 valence electrons. The Bertz CT molecular complexity index is 321. The zero-order valence-electron chi connectivity index (χ0n) is 8.53. The molecule has 1 rings (SSSR count). The first kappa shape index (κ1) is 10.6. The first-order valence-electron chi connectivity index (χ1n) is 4.67. The van der Waals surface area contributed by atoms with E-state index in [-0.39, 0.29) is 5.75 Å². The zero-order valence-corrected chi connectivity index (χ0v) is 8.53. The molecule has 0 heterocycles. The quantitative estimate of drug-likeness (QED) is 0.589. The molecule has 0 fully saturated rings. The number of benzene rings is 1. The summed E-state index contributed by atoms with van der Waals surface area (Å²) in [6, 6.07) is 7.03. The molecule has 3 heteroatoms. The van der Waals surface area contributed by atoms with Gasteiger partial charge in [-0.3, -0.25) is 0 Å². The molecule has 0 spiro atoms. The van der Waals surface area contributed by atoms with E-state index in [0.717, 1.165) is 24.1 Å². The van der Waals surface area contributed by atoms with E-state index in [1.54, 1.807) is 18.2 Å². The maximum Gasteiger partial charge on any atom is 0.116 e. The Balaban J connectivity index is 2.93. The molecule has 0 aliphatic rings. The zero-order chi connectivity index (χ0) is 10.4. The molecule has 0 unspecified atom stereocenters. The van der Waals surface area contributed by atoms with Gasteiger partial charge in [0.1, 0.15) is 12.9 Å². The van der Waals surface area contributed by atoms with Gasteiger partial charge >= 0.3 is 0 Å². The highest BCUT2D eigenvalue weighted by molar-refractivity contribution is 6.00. The summed E-state index contributed by atoms with van der Waals surface area (Å²) < 4.78 is 0. The van der Waals surface area contributed by atoms with Crippen LogP contribution in [0, 0.1) is 0 Å². The van der Waals surface area contributed by atoms with Gasteiger partial charge in [-0.15, -0.1) is 0 Å². The van der Waals surface area contributed by atoms with Crippen molar-refractivity contribution < 1.29 is 9.94 Å². The Hall–Kier alpha value is -1.51. The van der Waals surface area contributed by atoms with E-state index >= 15 is 0 Å². The van der Waals surface area contributed by atoms with Crippen molar-refractivity contribution in [2.75, 3.05) is 7.11 Å². The molecule has 3 nitrogen and oxygen atoms in total. The fraction of sp³-hybridized carbons (Fsp3) is 0.364. The van der Waals surface area contributed by atoms with Crippen molar-refractivity contribution in [3.8, 4) is 5.75 Å². The van der Waals surface area contributed by atoms with Gasteiger partial charge < -0.3 is 9.94 Å². The SMILES string of the molecule is CCCC(=NOC)c1cccc(O)c1. The predicted molar refractivity (Wildman–Crippen MR) is 56.6 cm³/mol. The summed E-state index contributed by atoms with van der Waals surface area (Å²) in [5, 5.41) is 13.2. The minimum absolute atomic E-state index is 0.252.